The van der Waals surface area contributed by atoms with Crippen LogP contribution >= 0.6 is 0 Å². The van der Waals surface area contributed by atoms with E-state index in [1.807, 2.05) is 0 Å². The minimum Gasteiger partial charge on any atom is -0.545 e. The van der Waals surface area contributed by atoms with Crippen LogP contribution in [0.4, 0.5) is 0 Å². The topological polar surface area (TPSA) is 77.4 Å². The molecule has 0 saturated heterocycles. The number of carboxylic acids is 2. The van der Waals surface area contributed by atoms with E-state index in [9.17, 15) is 14.7 Å². The summed E-state index contributed by atoms with van der Waals surface area (Å²) in [5.41, 5.74) is -0.188. The average molecular weight is 281 g/mol. The summed E-state index contributed by atoms with van der Waals surface area (Å²) >= 11 is 0. The van der Waals surface area contributed by atoms with Crippen molar-refractivity contribution in [1.82, 2.24) is 0 Å². The highest BCUT2D eigenvalue weighted by Gasteiger charge is 2.10. The second-order valence-corrected chi connectivity index (χ2v) is 4.74. The van der Waals surface area contributed by atoms with Crippen LogP contribution in [0.2, 0.25) is 0 Å². The molecule has 0 radical (unpaired) electrons. The quantitative estimate of drug-likeness (QED) is 0.824. The van der Waals surface area contributed by atoms with E-state index in [2.05, 4.69) is 27.8 Å². The highest BCUT2D eigenvalue weighted by Crippen LogP contribution is 2.03. The molecule has 1 N–H and O–H groups in total. The molecule has 0 spiro atoms. The summed E-state index contributed by atoms with van der Waals surface area (Å²) in [6, 6.07) is 5.00. The van der Waals surface area contributed by atoms with Gasteiger partial charge in [0, 0.05) is 0 Å². The Morgan fingerprint density at radius 3 is 1.85 bits per heavy atom. The second kappa shape index (κ2) is 8.32. The van der Waals surface area contributed by atoms with Crippen molar-refractivity contribution in [3.05, 3.63) is 35.4 Å². The molecular weight excluding hydrogens is 258 g/mol. The molecule has 112 valence electrons. The normalized spacial score (nSPS) is 10.4. The SMILES string of the molecule is CC[N+](C)(CC)CC.O=C([O-])c1cccc(C(=O)O)c1. The number of carboxylic acid groups (broad SMARTS) is 2. The van der Waals surface area contributed by atoms with Crippen LogP contribution in [0.1, 0.15) is 41.5 Å². The Hall–Kier alpha value is -1.88. The molecular formula is C15H23NO4. The first-order chi connectivity index (χ1) is 9.29. The van der Waals surface area contributed by atoms with Gasteiger partial charge in [0.1, 0.15) is 0 Å². The molecule has 0 aliphatic heterocycles. The lowest BCUT2D eigenvalue weighted by molar-refractivity contribution is -0.904. The van der Waals surface area contributed by atoms with Crippen molar-refractivity contribution in [2.75, 3.05) is 26.7 Å². The Labute approximate surface area is 120 Å². The fourth-order valence-corrected chi connectivity index (χ4v) is 1.45. The summed E-state index contributed by atoms with van der Waals surface area (Å²) < 4.78 is 1.21. The number of carbonyl (C=O) groups is 2. The van der Waals surface area contributed by atoms with Crippen molar-refractivity contribution in [3.8, 4) is 0 Å². The molecule has 0 saturated carbocycles. The molecule has 1 aromatic carbocycles. The first kappa shape index (κ1) is 18.1. The molecule has 0 bridgehead atoms. The zero-order chi connectivity index (χ0) is 15.8. The third-order valence-electron chi connectivity index (χ3n) is 3.64. The Kier molecular flexibility index (Phi) is 7.54. The van der Waals surface area contributed by atoms with Gasteiger partial charge in [0.15, 0.2) is 0 Å². The van der Waals surface area contributed by atoms with Crippen LogP contribution in [0.25, 0.3) is 0 Å². The lowest BCUT2D eigenvalue weighted by Crippen LogP contribution is -2.42. The Balaban J connectivity index is 0.000000396. The van der Waals surface area contributed by atoms with E-state index in [4.69, 9.17) is 5.11 Å². The summed E-state index contributed by atoms with van der Waals surface area (Å²) in [5.74, 6) is -2.53. The summed E-state index contributed by atoms with van der Waals surface area (Å²) in [4.78, 5) is 20.6. The van der Waals surface area contributed by atoms with Crippen molar-refractivity contribution in [2.45, 2.75) is 20.8 Å². The molecule has 1 aromatic rings. The molecule has 0 fully saturated rings. The molecule has 0 aromatic heterocycles. The molecule has 20 heavy (non-hydrogen) atoms. The van der Waals surface area contributed by atoms with E-state index in [1.54, 1.807) is 0 Å². The molecule has 1 rings (SSSR count). The number of quaternary nitrogens is 1. The van der Waals surface area contributed by atoms with E-state index in [0.717, 1.165) is 6.07 Å². The van der Waals surface area contributed by atoms with Gasteiger partial charge in [-0.3, -0.25) is 0 Å². The minimum atomic E-state index is -1.38. The van der Waals surface area contributed by atoms with E-state index in [1.165, 1.54) is 42.3 Å². The third kappa shape index (κ3) is 5.84. The zero-order valence-corrected chi connectivity index (χ0v) is 12.5. The Bertz CT molecular complexity index is 415. The monoisotopic (exact) mass is 281 g/mol. The summed E-state index contributed by atoms with van der Waals surface area (Å²) in [6.45, 7) is 10.5. The number of carbonyl (C=O) groups excluding carboxylic acids is 1. The number of hydrogen-bond acceptors (Lipinski definition) is 3. The van der Waals surface area contributed by atoms with Crippen molar-refractivity contribution in [1.29, 1.82) is 0 Å². The van der Waals surface area contributed by atoms with Crippen LogP contribution in [-0.2, 0) is 0 Å². The molecule has 0 unspecified atom stereocenters. The van der Waals surface area contributed by atoms with Crippen molar-refractivity contribution in [2.24, 2.45) is 0 Å². The van der Waals surface area contributed by atoms with Crippen LogP contribution in [0.15, 0.2) is 24.3 Å². The van der Waals surface area contributed by atoms with Crippen molar-refractivity contribution >= 4 is 11.9 Å². The predicted octanol–water partition coefficient (Wildman–Crippen LogP) is 1.24. The van der Waals surface area contributed by atoms with Gasteiger partial charge in [0.25, 0.3) is 0 Å². The Morgan fingerprint density at radius 1 is 1.10 bits per heavy atom. The maximum absolute atomic E-state index is 10.4. The first-order valence-electron chi connectivity index (χ1n) is 6.67. The average Bonchev–Trinajstić information content (AvgIpc) is 2.47. The van der Waals surface area contributed by atoms with Crippen LogP contribution in [-0.4, -0.2) is 48.2 Å². The van der Waals surface area contributed by atoms with Crippen LogP contribution < -0.4 is 5.11 Å². The minimum absolute atomic E-state index is 0.0586. The van der Waals surface area contributed by atoms with Gasteiger partial charge >= 0.3 is 5.97 Å². The number of hydrogen-bond donors (Lipinski definition) is 1. The van der Waals surface area contributed by atoms with Crippen molar-refractivity contribution < 1.29 is 24.3 Å². The highest BCUT2D eigenvalue weighted by atomic mass is 16.4. The first-order valence-corrected chi connectivity index (χ1v) is 6.67. The van der Waals surface area contributed by atoms with E-state index < -0.39 is 11.9 Å². The van der Waals surface area contributed by atoms with E-state index >= 15 is 0 Å². The van der Waals surface area contributed by atoms with Gasteiger partial charge in [-0.15, -0.1) is 0 Å². The molecule has 0 aliphatic carbocycles. The van der Waals surface area contributed by atoms with Gasteiger partial charge in [-0.25, -0.2) is 4.79 Å². The highest BCUT2D eigenvalue weighted by molar-refractivity contribution is 5.92. The Morgan fingerprint density at radius 2 is 1.55 bits per heavy atom. The number of aromatic carboxylic acids is 2. The van der Waals surface area contributed by atoms with Gasteiger partial charge in [-0.05, 0) is 38.5 Å². The smallest absolute Gasteiger partial charge is 0.335 e. The van der Waals surface area contributed by atoms with E-state index in [-0.39, 0.29) is 11.1 Å². The lowest BCUT2D eigenvalue weighted by atomic mass is 10.1. The molecule has 0 atom stereocenters. The van der Waals surface area contributed by atoms with Crippen LogP contribution in [0, 0.1) is 0 Å². The molecule has 0 heterocycles. The van der Waals surface area contributed by atoms with Gasteiger partial charge in [-0.2, -0.15) is 0 Å². The maximum atomic E-state index is 10.4. The summed E-state index contributed by atoms with van der Waals surface area (Å²) in [7, 11) is 2.29. The molecule has 0 aliphatic rings. The fraction of sp³-hybridized carbons (Fsp3) is 0.467. The maximum Gasteiger partial charge on any atom is 0.335 e. The lowest BCUT2D eigenvalue weighted by Gasteiger charge is -2.30. The standard InChI is InChI=1S/C8H6O4.C7H18N/c9-7(10)5-2-1-3-6(4-5)8(11)12;1-5-8(4,6-2)7-3/h1-4H,(H,9,10)(H,11,12);5-7H2,1-4H3/q;+1/p-1. The van der Waals surface area contributed by atoms with Gasteiger partial charge in [0.05, 0.1) is 38.2 Å². The van der Waals surface area contributed by atoms with E-state index in [0.29, 0.717) is 0 Å². The third-order valence-corrected chi connectivity index (χ3v) is 3.64. The number of nitrogens with zero attached hydrogens (tertiary/aromatic N) is 1. The van der Waals surface area contributed by atoms with Gasteiger partial charge in [-0.1, -0.05) is 12.1 Å². The largest absolute Gasteiger partial charge is 0.545 e. The fourth-order valence-electron chi connectivity index (χ4n) is 1.45. The summed E-state index contributed by atoms with van der Waals surface area (Å²) in [6.07, 6.45) is 0. The second-order valence-electron chi connectivity index (χ2n) is 4.74. The van der Waals surface area contributed by atoms with Gasteiger partial charge in [0.2, 0.25) is 0 Å². The molecule has 5 nitrogen and oxygen atoms in total. The predicted molar refractivity (Wildman–Crippen MR) is 75.5 cm³/mol. The number of rotatable bonds is 5. The van der Waals surface area contributed by atoms with Crippen LogP contribution in [0.3, 0.4) is 0 Å². The summed E-state index contributed by atoms with van der Waals surface area (Å²) in [5, 5.41) is 18.7. The molecule has 0 amide bonds. The van der Waals surface area contributed by atoms with Crippen molar-refractivity contribution in [3.63, 3.8) is 0 Å². The van der Waals surface area contributed by atoms with Gasteiger partial charge < -0.3 is 19.5 Å². The zero-order valence-electron chi connectivity index (χ0n) is 12.5. The molecule has 5 heteroatoms. The van der Waals surface area contributed by atoms with Crippen LogP contribution in [0.5, 0.6) is 0 Å². The number of benzene rings is 1.